The smallest absolute Gasteiger partial charge is 0.418 e. The van der Waals surface area contributed by atoms with Crippen LogP contribution in [0.15, 0.2) is 243 Å². The summed E-state index contributed by atoms with van der Waals surface area (Å²) in [5.74, 6) is 0. The molecule has 0 bridgehead atoms. The van der Waals surface area contributed by atoms with E-state index in [0.29, 0.717) is 0 Å². The molecule has 0 aliphatic carbocycles. The second-order valence-corrected chi connectivity index (χ2v) is 15.7. The van der Waals surface area contributed by atoms with E-state index in [0.717, 1.165) is 90.0 Å². The van der Waals surface area contributed by atoms with Crippen molar-refractivity contribution in [1.29, 1.82) is 0 Å². The molecule has 14 heteroatoms. The summed E-state index contributed by atoms with van der Waals surface area (Å²) in [6.45, 7) is 0. The number of aromatic nitrogens is 4. The molecule has 0 atom stereocenters. The van der Waals surface area contributed by atoms with E-state index in [4.69, 9.17) is 9.97 Å². The van der Waals surface area contributed by atoms with Crippen LogP contribution in [0.1, 0.15) is 0 Å². The van der Waals surface area contributed by atoms with Crippen LogP contribution in [0.5, 0.6) is 0 Å². The quantitative estimate of drug-likeness (QED) is 0.0821. The molecule has 4 heterocycles. The zero-order chi connectivity index (χ0) is 49.1. The number of benzene rings is 6. The molecule has 4 nitrogen and oxygen atoms in total. The number of halogens is 8. The molecular formula is C56H40B2F8N4. The topological polar surface area (TPSA) is 33.5 Å². The third-order valence-electron chi connectivity index (χ3n) is 10.9. The van der Waals surface area contributed by atoms with E-state index in [2.05, 4.69) is 240 Å². The van der Waals surface area contributed by atoms with Crippen LogP contribution in [0.3, 0.4) is 0 Å². The predicted octanol–water partition coefficient (Wildman–Crippen LogP) is 15.3. The lowest BCUT2D eigenvalue weighted by Crippen LogP contribution is -2.37. The van der Waals surface area contributed by atoms with Crippen molar-refractivity contribution in [1.82, 2.24) is 9.97 Å². The zero-order valence-corrected chi connectivity index (χ0v) is 37.1. The average Bonchev–Trinajstić information content (AvgIpc) is 3.38. The highest BCUT2D eigenvalue weighted by Crippen LogP contribution is 2.33. The van der Waals surface area contributed by atoms with Gasteiger partial charge >= 0.3 is 14.5 Å². The lowest BCUT2D eigenvalue weighted by molar-refractivity contribution is -0.572. The molecule has 0 saturated heterocycles. The van der Waals surface area contributed by atoms with Crippen molar-refractivity contribution in [3.05, 3.63) is 243 Å². The minimum atomic E-state index is -6.00. The van der Waals surface area contributed by atoms with Gasteiger partial charge in [0.25, 0.3) is 0 Å². The van der Waals surface area contributed by atoms with Gasteiger partial charge in [-0.1, -0.05) is 133 Å². The van der Waals surface area contributed by atoms with E-state index in [9.17, 15) is 34.5 Å². The van der Waals surface area contributed by atoms with Crippen LogP contribution >= 0.6 is 0 Å². The first-order valence-electron chi connectivity index (χ1n) is 22.0. The fourth-order valence-corrected chi connectivity index (χ4v) is 8.02. The second-order valence-electron chi connectivity index (χ2n) is 15.7. The van der Waals surface area contributed by atoms with Gasteiger partial charge in [-0.05, 0) is 70.8 Å². The highest BCUT2D eigenvalue weighted by molar-refractivity contribution is 6.50. The summed E-state index contributed by atoms with van der Waals surface area (Å²) in [6.07, 6.45) is 3.79. The standard InChI is InChI=1S/C56H40N4.2BF4/c1-7-19-41(20-8-1)47-35-53(43-23-11-3-12-24-43)59(54(36-47)44-25-13-4-14-26-44)49-31-33-57-51(39-49)52-40-50(32-34-58-52)60-55(45-27-15-5-16-28-45)37-48(42-21-9-2-10-22-42)38-56(60)46-29-17-6-18-30-46;2*2-1(3,4)5/h1-40H;;/q+2;2*-1. The van der Waals surface area contributed by atoms with Crippen LogP contribution in [0.2, 0.25) is 0 Å². The monoisotopic (exact) mass is 942 g/mol. The average molecular weight is 943 g/mol. The summed E-state index contributed by atoms with van der Waals surface area (Å²) >= 11 is 0. The molecular weight excluding hydrogens is 902 g/mol. The van der Waals surface area contributed by atoms with Crippen LogP contribution < -0.4 is 9.13 Å². The molecule has 0 aliphatic rings. The number of hydrogen-bond donors (Lipinski definition) is 0. The fraction of sp³-hybridized carbons (Fsp3) is 0. The Bertz CT molecular complexity index is 2940. The van der Waals surface area contributed by atoms with E-state index in [-0.39, 0.29) is 0 Å². The number of pyridine rings is 4. The van der Waals surface area contributed by atoms with Crippen LogP contribution in [-0.2, 0) is 0 Å². The van der Waals surface area contributed by atoms with Gasteiger partial charge in [-0.15, -0.1) is 0 Å². The molecule has 0 unspecified atom stereocenters. The van der Waals surface area contributed by atoms with E-state index in [1.807, 2.05) is 12.4 Å². The summed E-state index contributed by atoms with van der Waals surface area (Å²) in [4.78, 5) is 9.94. The lowest BCUT2D eigenvalue weighted by atomic mass is 9.98. The maximum absolute atomic E-state index is 9.75. The molecule has 0 fully saturated rings. The molecule has 0 N–H and O–H groups in total. The Hall–Kier alpha value is -8.51. The van der Waals surface area contributed by atoms with Crippen molar-refractivity contribution in [2.75, 3.05) is 0 Å². The van der Waals surface area contributed by atoms with Crippen LogP contribution in [0, 0.1) is 0 Å². The molecule has 0 amide bonds. The van der Waals surface area contributed by atoms with Gasteiger partial charge in [0.05, 0.1) is 11.4 Å². The Balaban J connectivity index is 0.000000601. The van der Waals surface area contributed by atoms with Crippen molar-refractivity contribution in [3.63, 3.8) is 0 Å². The molecule has 0 saturated carbocycles. The molecule has 4 aromatic heterocycles. The third kappa shape index (κ3) is 12.5. The molecule has 346 valence electrons. The highest BCUT2D eigenvalue weighted by atomic mass is 19.5. The van der Waals surface area contributed by atoms with Crippen molar-refractivity contribution in [2.24, 2.45) is 0 Å². The van der Waals surface area contributed by atoms with Gasteiger partial charge in [0, 0.05) is 83.2 Å². The van der Waals surface area contributed by atoms with Gasteiger partial charge in [-0.2, -0.15) is 9.13 Å². The fourth-order valence-electron chi connectivity index (χ4n) is 8.02. The van der Waals surface area contributed by atoms with E-state index in [1.165, 1.54) is 0 Å². The van der Waals surface area contributed by atoms with Gasteiger partial charge < -0.3 is 34.5 Å². The zero-order valence-electron chi connectivity index (χ0n) is 37.1. The molecule has 6 aromatic carbocycles. The van der Waals surface area contributed by atoms with Gasteiger partial charge in [-0.25, -0.2) is 0 Å². The van der Waals surface area contributed by atoms with Crippen molar-refractivity contribution in [3.8, 4) is 90.0 Å². The van der Waals surface area contributed by atoms with Crippen LogP contribution in [0.25, 0.3) is 90.0 Å². The summed E-state index contributed by atoms with van der Waals surface area (Å²) in [5, 5.41) is 0. The van der Waals surface area contributed by atoms with Gasteiger partial charge in [0.1, 0.15) is 0 Å². The SMILES string of the molecule is F[B-](F)(F)F.F[B-](F)(F)F.c1ccc(-c2cc(-c3ccccc3)[n+](-c3ccnc(-c4cc(-[n+]5c(-c6ccccc6)cc(-c6ccccc6)cc5-c5ccccc5)ccn4)c3)c(-c3ccccc3)c2)cc1. The van der Waals surface area contributed by atoms with Crippen LogP contribution in [-0.4, -0.2) is 24.5 Å². The van der Waals surface area contributed by atoms with Gasteiger partial charge in [0.2, 0.25) is 34.2 Å². The highest BCUT2D eigenvalue weighted by Gasteiger charge is 2.28. The van der Waals surface area contributed by atoms with Crippen molar-refractivity contribution < 1.29 is 43.7 Å². The largest absolute Gasteiger partial charge is 0.673 e. The molecule has 0 spiro atoms. The Labute approximate surface area is 399 Å². The number of rotatable bonds is 9. The Morgan fingerprint density at radius 3 is 0.700 bits per heavy atom. The maximum Gasteiger partial charge on any atom is 0.673 e. The van der Waals surface area contributed by atoms with Crippen molar-refractivity contribution in [2.45, 2.75) is 0 Å². The number of hydrogen-bond acceptors (Lipinski definition) is 2. The van der Waals surface area contributed by atoms with Crippen LogP contribution in [0.4, 0.5) is 34.5 Å². The molecule has 10 aromatic rings. The molecule has 10 rings (SSSR count). The van der Waals surface area contributed by atoms with Gasteiger partial charge in [-0.3, -0.25) is 9.97 Å². The summed E-state index contributed by atoms with van der Waals surface area (Å²) in [7, 11) is -12.0. The van der Waals surface area contributed by atoms with E-state index in [1.54, 1.807) is 0 Å². The third-order valence-corrected chi connectivity index (χ3v) is 10.9. The first kappa shape index (κ1) is 48.0. The first-order chi connectivity index (χ1) is 33.8. The van der Waals surface area contributed by atoms with Gasteiger partial charge in [0.15, 0.2) is 0 Å². The van der Waals surface area contributed by atoms with Crippen molar-refractivity contribution >= 4 is 14.5 Å². The van der Waals surface area contributed by atoms with E-state index < -0.39 is 14.5 Å². The first-order valence-corrected chi connectivity index (χ1v) is 22.0. The Kier molecular flexibility index (Phi) is 14.8. The molecule has 0 aliphatic heterocycles. The molecule has 70 heavy (non-hydrogen) atoms. The minimum absolute atomic E-state index is 0.774. The predicted molar refractivity (Wildman–Crippen MR) is 264 cm³/mol. The maximum atomic E-state index is 9.75. The summed E-state index contributed by atoms with van der Waals surface area (Å²) in [6, 6.07) is 81.4. The summed E-state index contributed by atoms with van der Waals surface area (Å²) < 4.78 is 82.7. The lowest BCUT2D eigenvalue weighted by Gasteiger charge is -2.14. The molecule has 0 radical (unpaired) electrons. The normalized spacial score (nSPS) is 11.1. The Morgan fingerprint density at radius 2 is 0.471 bits per heavy atom. The number of nitrogens with zero attached hydrogens (tertiary/aromatic N) is 4. The second kappa shape index (κ2) is 21.6. The summed E-state index contributed by atoms with van der Waals surface area (Å²) in [5.41, 5.74) is 16.9. The Morgan fingerprint density at radius 1 is 0.257 bits per heavy atom. The minimum Gasteiger partial charge on any atom is -0.418 e. The van der Waals surface area contributed by atoms with E-state index >= 15 is 0 Å².